The highest BCUT2D eigenvalue weighted by molar-refractivity contribution is 5.95. The van der Waals surface area contributed by atoms with Crippen LogP contribution in [-0.4, -0.2) is 49.6 Å². The fourth-order valence-electron chi connectivity index (χ4n) is 3.74. The summed E-state index contributed by atoms with van der Waals surface area (Å²) in [5, 5.41) is 3.00. The number of ether oxygens (including phenoxy) is 2. The van der Waals surface area contributed by atoms with E-state index < -0.39 is 0 Å². The third kappa shape index (κ3) is 5.12. The van der Waals surface area contributed by atoms with Crippen molar-refractivity contribution in [2.45, 2.75) is 31.7 Å². The Morgan fingerprint density at radius 3 is 2.57 bits per heavy atom. The lowest BCUT2D eigenvalue weighted by Crippen LogP contribution is -2.41. The molecule has 1 aliphatic carbocycles. The maximum Gasteiger partial charge on any atom is 0.253 e. The van der Waals surface area contributed by atoms with Gasteiger partial charge >= 0.3 is 0 Å². The van der Waals surface area contributed by atoms with Gasteiger partial charge in [0.05, 0.1) is 13.7 Å². The van der Waals surface area contributed by atoms with Gasteiger partial charge in [-0.1, -0.05) is 6.07 Å². The molecule has 158 valence electrons. The second-order valence-corrected chi connectivity index (χ2v) is 8.07. The molecule has 1 saturated heterocycles. The molecule has 1 N–H and O–H groups in total. The minimum atomic E-state index is -0.0446. The highest BCUT2D eigenvalue weighted by Gasteiger charge is 2.26. The molecule has 0 radical (unpaired) electrons. The molecule has 0 unspecified atom stereocenters. The van der Waals surface area contributed by atoms with E-state index in [4.69, 9.17) is 9.47 Å². The number of nitrogens with one attached hydrogen (secondary N) is 1. The predicted molar refractivity (Wildman–Crippen MR) is 114 cm³/mol. The van der Waals surface area contributed by atoms with Gasteiger partial charge < -0.3 is 19.7 Å². The molecule has 0 aromatic heterocycles. The second-order valence-electron chi connectivity index (χ2n) is 8.07. The number of amides is 2. The highest BCUT2D eigenvalue weighted by atomic mass is 16.5. The lowest BCUT2D eigenvalue weighted by molar-refractivity contribution is 0.0633. The molecular weight excluding hydrogens is 380 g/mol. The molecule has 1 atom stereocenters. The number of methoxy groups -OCH3 is 1. The Morgan fingerprint density at radius 2 is 1.83 bits per heavy atom. The van der Waals surface area contributed by atoms with E-state index >= 15 is 0 Å². The monoisotopic (exact) mass is 408 g/mol. The molecular formula is C24H28N2O4. The van der Waals surface area contributed by atoms with E-state index in [-0.39, 0.29) is 17.7 Å². The number of carbonyl (C=O) groups excluding carboxylic acids is 2. The Bertz CT molecular complexity index is 892. The summed E-state index contributed by atoms with van der Waals surface area (Å²) < 4.78 is 11.2. The Hall–Kier alpha value is -3.02. The summed E-state index contributed by atoms with van der Waals surface area (Å²) >= 11 is 0. The van der Waals surface area contributed by atoms with Gasteiger partial charge in [0, 0.05) is 36.2 Å². The van der Waals surface area contributed by atoms with E-state index in [1.54, 1.807) is 31.4 Å². The minimum absolute atomic E-state index is 0.0427. The van der Waals surface area contributed by atoms with Crippen molar-refractivity contribution in [1.82, 2.24) is 10.2 Å². The Balaban J connectivity index is 1.31. The van der Waals surface area contributed by atoms with Gasteiger partial charge in [-0.2, -0.15) is 0 Å². The lowest BCUT2D eigenvalue weighted by Gasteiger charge is -2.32. The molecule has 2 aromatic carbocycles. The van der Waals surface area contributed by atoms with Crippen LogP contribution in [0.4, 0.5) is 0 Å². The summed E-state index contributed by atoms with van der Waals surface area (Å²) in [5.41, 5.74) is 1.30. The number of hydrogen-bond donors (Lipinski definition) is 1. The summed E-state index contributed by atoms with van der Waals surface area (Å²) in [6, 6.07) is 14.9. The molecule has 1 saturated carbocycles. The summed E-state index contributed by atoms with van der Waals surface area (Å²) in [7, 11) is 1.61. The molecule has 2 aliphatic rings. The van der Waals surface area contributed by atoms with Gasteiger partial charge in [-0.15, -0.1) is 0 Å². The van der Waals surface area contributed by atoms with Crippen molar-refractivity contribution in [2.24, 2.45) is 5.92 Å². The fourth-order valence-corrected chi connectivity index (χ4v) is 3.74. The number of likely N-dealkylation sites (tertiary alicyclic amines) is 1. The van der Waals surface area contributed by atoms with Crippen LogP contribution in [0.25, 0.3) is 0 Å². The van der Waals surface area contributed by atoms with Crippen LogP contribution in [0.1, 0.15) is 46.4 Å². The van der Waals surface area contributed by atoms with Crippen LogP contribution in [-0.2, 0) is 0 Å². The first-order valence-electron chi connectivity index (χ1n) is 10.6. The lowest BCUT2D eigenvalue weighted by atomic mass is 9.98. The number of nitrogens with zero attached hydrogens (tertiary/aromatic N) is 1. The van der Waals surface area contributed by atoms with Gasteiger partial charge in [-0.25, -0.2) is 0 Å². The summed E-state index contributed by atoms with van der Waals surface area (Å²) in [5.74, 6) is 1.70. The maximum absolute atomic E-state index is 12.8. The predicted octanol–water partition coefficient (Wildman–Crippen LogP) is 3.52. The van der Waals surface area contributed by atoms with Crippen LogP contribution in [0, 0.1) is 5.92 Å². The van der Waals surface area contributed by atoms with Crippen LogP contribution >= 0.6 is 0 Å². The maximum atomic E-state index is 12.8. The number of carbonyl (C=O) groups is 2. The molecule has 1 aliphatic heterocycles. The van der Waals surface area contributed by atoms with Crippen molar-refractivity contribution in [2.75, 3.05) is 26.8 Å². The average Bonchev–Trinajstić information content (AvgIpc) is 3.61. The van der Waals surface area contributed by atoms with E-state index in [1.165, 1.54) is 0 Å². The number of benzene rings is 2. The molecule has 0 spiro atoms. The van der Waals surface area contributed by atoms with E-state index in [9.17, 15) is 9.59 Å². The summed E-state index contributed by atoms with van der Waals surface area (Å²) in [6.45, 7) is 1.96. The minimum Gasteiger partial charge on any atom is -0.497 e. The molecule has 4 rings (SSSR count). The Morgan fingerprint density at radius 1 is 1.03 bits per heavy atom. The van der Waals surface area contributed by atoms with Crippen molar-refractivity contribution in [3.8, 4) is 11.5 Å². The zero-order valence-electron chi connectivity index (χ0n) is 17.3. The van der Waals surface area contributed by atoms with Crippen molar-refractivity contribution in [3.05, 3.63) is 59.7 Å². The SMILES string of the molecule is COc1ccc(C(=O)N2CCC[C@@H](COc3cccc(C(=O)NC4CC4)c3)C2)cc1. The van der Waals surface area contributed by atoms with E-state index in [0.29, 0.717) is 36.1 Å². The molecule has 0 bridgehead atoms. The smallest absolute Gasteiger partial charge is 0.253 e. The Labute approximate surface area is 177 Å². The first-order chi connectivity index (χ1) is 14.6. The molecule has 30 heavy (non-hydrogen) atoms. The van der Waals surface area contributed by atoms with E-state index in [2.05, 4.69) is 5.32 Å². The topological polar surface area (TPSA) is 67.9 Å². The first kappa shape index (κ1) is 20.3. The van der Waals surface area contributed by atoms with E-state index in [0.717, 1.165) is 38.0 Å². The number of rotatable bonds is 7. The van der Waals surface area contributed by atoms with Gasteiger partial charge in [0.25, 0.3) is 11.8 Å². The average molecular weight is 408 g/mol. The van der Waals surface area contributed by atoms with Gasteiger partial charge in [0.2, 0.25) is 0 Å². The van der Waals surface area contributed by atoms with Gasteiger partial charge in [-0.05, 0) is 68.1 Å². The first-order valence-corrected chi connectivity index (χ1v) is 10.6. The molecule has 2 amide bonds. The molecule has 2 fully saturated rings. The van der Waals surface area contributed by atoms with E-state index in [1.807, 2.05) is 29.2 Å². The molecule has 6 nitrogen and oxygen atoms in total. The third-order valence-electron chi connectivity index (χ3n) is 5.64. The van der Waals surface area contributed by atoms with Crippen molar-refractivity contribution < 1.29 is 19.1 Å². The third-order valence-corrected chi connectivity index (χ3v) is 5.64. The molecule has 1 heterocycles. The highest BCUT2D eigenvalue weighted by Crippen LogP contribution is 2.23. The normalized spacial score (nSPS) is 18.6. The fraction of sp³-hybridized carbons (Fsp3) is 0.417. The van der Waals surface area contributed by atoms with Crippen molar-refractivity contribution >= 4 is 11.8 Å². The van der Waals surface area contributed by atoms with Crippen LogP contribution in [0.3, 0.4) is 0 Å². The zero-order chi connectivity index (χ0) is 20.9. The quantitative estimate of drug-likeness (QED) is 0.761. The number of hydrogen-bond acceptors (Lipinski definition) is 4. The summed E-state index contributed by atoms with van der Waals surface area (Å²) in [6.07, 6.45) is 4.11. The van der Waals surface area contributed by atoms with Gasteiger partial charge in [0.15, 0.2) is 0 Å². The summed E-state index contributed by atoms with van der Waals surface area (Å²) in [4.78, 5) is 27.0. The van der Waals surface area contributed by atoms with Crippen LogP contribution < -0.4 is 14.8 Å². The van der Waals surface area contributed by atoms with Crippen LogP contribution in [0.15, 0.2) is 48.5 Å². The molecule has 2 aromatic rings. The zero-order valence-corrected chi connectivity index (χ0v) is 17.3. The second kappa shape index (κ2) is 9.20. The van der Waals surface area contributed by atoms with Gasteiger partial charge in [-0.3, -0.25) is 9.59 Å². The van der Waals surface area contributed by atoms with Crippen molar-refractivity contribution in [1.29, 1.82) is 0 Å². The van der Waals surface area contributed by atoms with Gasteiger partial charge in [0.1, 0.15) is 11.5 Å². The largest absolute Gasteiger partial charge is 0.497 e. The van der Waals surface area contributed by atoms with Crippen LogP contribution in [0.2, 0.25) is 0 Å². The molecule has 6 heteroatoms. The van der Waals surface area contributed by atoms with Crippen LogP contribution in [0.5, 0.6) is 11.5 Å². The Kier molecular flexibility index (Phi) is 6.21. The number of piperidine rings is 1. The standard InChI is InChI=1S/C24H28N2O4/c1-29-21-11-7-18(8-12-21)24(28)26-13-3-4-17(15-26)16-30-22-6-2-5-19(14-22)23(27)25-20-9-10-20/h2,5-8,11-12,14,17,20H,3-4,9-10,13,15-16H2,1H3,(H,25,27)/t17-/m1/s1. The van der Waals surface area contributed by atoms with Crippen molar-refractivity contribution in [3.63, 3.8) is 0 Å².